The van der Waals surface area contributed by atoms with Crippen LogP contribution >= 0.6 is 0 Å². The van der Waals surface area contributed by atoms with Gasteiger partial charge in [-0.2, -0.15) is 0 Å². The van der Waals surface area contributed by atoms with Gasteiger partial charge in [0.15, 0.2) is 0 Å². The lowest BCUT2D eigenvalue weighted by Crippen LogP contribution is -2.23. The zero-order valence-electron chi connectivity index (χ0n) is 10.7. The monoisotopic (exact) mass is 234 g/mol. The van der Waals surface area contributed by atoms with Gasteiger partial charge in [-0.25, -0.2) is 4.79 Å². The van der Waals surface area contributed by atoms with Crippen LogP contribution in [0.5, 0.6) is 0 Å². The van der Waals surface area contributed by atoms with Crippen LogP contribution in [-0.2, 0) is 9.47 Å². The summed E-state index contributed by atoms with van der Waals surface area (Å²) < 4.78 is 10.1. The van der Waals surface area contributed by atoms with Crippen LogP contribution in [0.15, 0.2) is 30.5 Å². The molecule has 0 unspecified atom stereocenters. The van der Waals surface area contributed by atoms with E-state index in [9.17, 15) is 4.79 Å². The third-order valence-corrected chi connectivity index (χ3v) is 1.94. The Labute approximate surface area is 102 Å². The number of hydrogen-bond acceptors (Lipinski definition) is 3. The second-order valence-corrected chi connectivity index (χ2v) is 4.66. The summed E-state index contributed by atoms with van der Waals surface area (Å²) in [5, 5.41) is 0. The van der Waals surface area contributed by atoms with Gasteiger partial charge in [-0.15, -0.1) is 0 Å². The summed E-state index contributed by atoms with van der Waals surface area (Å²) in [5.41, 5.74) is 1.06. The number of carbonyl (C=O) groups excluding carboxylic acids is 1. The summed E-state index contributed by atoms with van der Waals surface area (Å²) in [6.45, 7) is 5.54. The molecule has 0 N–H and O–H groups in total. The Morgan fingerprint density at radius 2 is 1.76 bits per heavy atom. The normalized spacial score (nSPS) is 11.5. The predicted octanol–water partition coefficient (Wildman–Crippen LogP) is 3.26. The molecule has 92 valence electrons. The summed E-state index contributed by atoms with van der Waals surface area (Å²) in [5.74, 6) is -0.306. The van der Waals surface area contributed by atoms with E-state index in [0.717, 1.165) is 5.56 Å². The number of rotatable bonds is 3. The van der Waals surface area contributed by atoms with E-state index >= 15 is 0 Å². The molecule has 0 heterocycles. The van der Waals surface area contributed by atoms with Gasteiger partial charge >= 0.3 is 5.97 Å². The largest absolute Gasteiger partial charge is 0.504 e. The first-order valence-electron chi connectivity index (χ1n) is 5.45. The van der Waals surface area contributed by atoms with Crippen LogP contribution in [0.2, 0.25) is 0 Å². The molecule has 1 aromatic carbocycles. The highest BCUT2D eigenvalue weighted by Gasteiger charge is 2.17. The quantitative estimate of drug-likeness (QED) is 0.595. The van der Waals surface area contributed by atoms with E-state index in [1.54, 1.807) is 25.5 Å². The lowest BCUT2D eigenvalue weighted by Gasteiger charge is -2.19. The molecule has 0 spiro atoms. The first kappa shape index (κ1) is 13.3. The number of methoxy groups -OCH3 is 1. The molecule has 0 saturated carbocycles. The van der Waals surface area contributed by atoms with Crippen molar-refractivity contribution in [1.82, 2.24) is 0 Å². The summed E-state index contributed by atoms with van der Waals surface area (Å²) in [7, 11) is 1.59. The van der Waals surface area contributed by atoms with Crippen molar-refractivity contribution in [3.63, 3.8) is 0 Å². The maximum Gasteiger partial charge on any atom is 0.338 e. The minimum absolute atomic E-state index is 0.306. The molecule has 0 aromatic heterocycles. The van der Waals surface area contributed by atoms with Crippen LogP contribution in [0.1, 0.15) is 36.7 Å². The standard InChI is InChI=1S/C14H18O3/c1-14(2,3)17-13(15)12-7-5-11(6-8-12)9-10-16-4/h5-10H,1-4H3/b10-9+. The minimum atomic E-state index is -0.467. The Morgan fingerprint density at radius 1 is 1.18 bits per heavy atom. The Morgan fingerprint density at radius 3 is 2.24 bits per heavy atom. The van der Waals surface area contributed by atoms with Crippen molar-refractivity contribution in [3.05, 3.63) is 41.7 Å². The van der Waals surface area contributed by atoms with Gasteiger partial charge in [0.05, 0.1) is 18.9 Å². The molecule has 1 rings (SSSR count). The Hall–Kier alpha value is -1.77. The molecular formula is C14H18O3. The molecule has 0 fully saturated rings. The average Bonchev–Trinajstić information content (AvgIpc) is 2.24. The highest BCUT2D eigenvalue weighted by atomic mass is 16.6. The van der Waals surface area contributed by atoms with Crippen LogP contribution in [0.4, 0.5) is 0 Å². The minimum Gasteiger partial charge on any atom is -0.504 e. The van der Waals surface area contributed by atoms with E-state index in [1.165, 1.54) is 0 Å². The van der Waals surface area contributed by atoms with Gasteiger partial charge in [0.2, 0.25) is 0 Å². The highest BCUT2D eigenvalue weighted by molar-refractivity contribution is 5.89. The number of benzene rings is 1. The van der Waals surface area contributed by atoms with E-state index in [0.29, 0.717) is 5.56 Å². The SMILES string of the molecule is CO/C=C/c1ccc(C(=O)OC(C)(C)C)cc1. The Bertz CT molecular complexity index is 396. The average molecular weight is 234 g/mol. The fraction of sp³-hybridized carbons (Fsp3) is 0.357. The highest BCUT2D eigenvalue weighted by Crippen LogP contribution is 2.13. The van der Waals surface area contributed by atoms with Gasteiger partial charge in [0.25, 0.3) is 0 Å². The van der Waals surface area contributed by atoms with Crippen LogP contribution in [-0.4, -0.2) is 18.7 Å². The molecule has 1 aromatic rings. The zero-order valence-corrected chi connectivity index (χ0v) is 10.7. The van der Waals surface area contributed by atoms with Crippen LogP contribution in [0.25, 0.3) is 6.08 Å². The molecule has 0 aliphatic carbocycles. The van der Waals surface area contributed by atoms with Crippen molar-refractivity contribution in [1.29, 1.82) is 0 Å². The van der Waals surface area contributed by atoms with Crippen molar-refractivity contribution in [2.75, 3.05) is 7.11 Å². The van der Waals surface area contributed by atoms with Gasteiger partial charge in [0, 0.05) is 0 Å². The van der Waals surface area contributed by atoms with Crippen molar-refractivity contribution >= 4 is 12.0 Å². The summed E-state index contributed by atoms with van der Waals surface area (Å²) >= 11 is 0. The number of ether oxygens (including phenoxy) is 2. The number of carbonyl (C=O) groups is 1. The van der Waals surface area contributed by atoms with E-state index in [-0.39, 0.29) is 5.97 Å². The Kier molecular flexibility index (Phi) is 4.32. The van der Waals surface area contributed by atoms with Gasteiger partial charge in [0.1, 0.15) is 5.60 Å². The van der Waals surface area contributed by atoms with Crippen LogP contribution < -0.4 is 0 Å². The first-order chi connectivity index (χ1) is 7.92. The van der Waals surface area contributed by atoms with E-state index in [4.69, 9.17) is 9.47 Å². The second kappa shape index (κ2) is 5.53. The first-order valence-corrected chi connectivity index (χ1v) is 5.45. The molecule has 3 heteroatoms. The van der Waals surface area contributed by atoms with E-state index in [2.05, 4.69) is 0 Å². The lowest BCUT2D eigenvalue weighted by atomic mass is 10.1. The third-order valence-electron chi connectivity index (χ3n) is 1.94. The van der Waals surface area contributed by atoms with Gasteiger partial charge < -0.3 is 9.47 Å². The molecule has 17 heavy (non-hydrogen) atoms. The fourth-order valence-electron chi connectivity index (χ4n) is 1.21. The van der Waals surface area contributed by atoms with Gasteiger partial charge in [-0.05, 0) is 44.5 Å². The summed E-state index contributed by atoms with van der Waals surface area (Å²) in [6.07, 6.45) is 3.40. The van der Waals surface area contributed by atoms with Gasteiger partial charge in [-0.1, -0.05) is 12.1 Å². The topological polar surface area (TPSA) is 35.5 Å². The third kappa shape index (κ3) is 4.72. The molecule has 3 nitrogen and oxygen atoms in total. The zero-order chi connectivity index (χ0) is 12.9. The smallest absolute Gasteiger partial charge is 0.338 e. The van der Waals surface area contributed by atoms with Crippen molar-refractivity contribution in [2.45, 2.75) is 26.4 Å². The molecular weight excluding hydrogens is 216 g/mol. The molecule has 0 amide bonds. The Balaban J connectivity index is 2.74. The van der Waals surface area contributed by atoms with Crippen LogP contribution in [0.3, 0.4) is 0 Å². The summed E-state index contributed by atoms with van der Waals surface area (Å²) in [6, 6.07) is 7.16. The van der Waals surface area contributed by atoms with Crippen molar-refractivity contribution < 1.29 is 14.3 Å². The number of esters is 1. The van der Waals surface area contributed by atoms with E-state index < -0.39 is 5.60 Å². The molecule has 0 aliphatic rings. The molecule has 0 atom stereocenters. The molecule has 0 saturated heterocycles. The molecule has 0 radical (unpaired) electrons. The van der Waals surface area contributed by atoms with Crippen molar-refractivity contribution in [2.24, 2.45) is 0 Å². The molecule has 0 aliphatic heterocycles. The maximum absolute atomic E-state index is 11.7. The number of hydrogen-bond donors (Lipinski definition) is 0. The van der Waals surface area contributed by atoms with Gasteiger partial charge in [-0.3, -0.25) is 0 Å². The van der Waals surface area contributed by atoms with Crippen LogP contribution in [0, 0.1) is 0 Å². The van der Waals surface area contributed by atoms with E-state index in [1.807, 2.05) is 39.0 Å². The lowest BCUT2D eigenvalue weighted by molar-refractivity contribution is 0.00696. The van der Waals surface area contributed by atoms with Crippen molar-refractivity contribution in [3.8, 4) is 0 Å². The molecule has 0 bridgehead atoms. The predicted molar refractivity (Wildman–Crippen MR) is 67.7 cm³/mol. The fourth-order valence-corrected chi connectivity index (χ4v) is 1.21. The maximum atomic E-state index is 11.7. The summed E-state index contributed by atoms with van der Waals surface area (Å²) in [4.78, 5) is 11.7. The second-order valence-electron chi connectivity index (χ2n) is 4.66.